The lowest BCUT2D eigenvalue weighted by Crippen LogP contribution is -2.44. The van der Waals surface area contributed by atoms with E-state index in [0.29, 0.717) is 0 Å². The van der Waals surface area contributed by atoms with E-state index in [-0.39, 0.29) is 21.4 Å². The Morgan fingerprint density at radius 3 is 2.14 bits per heavy atom. The van der Waals surface area contributed by atoms with Gasteiger partial charge in [-0.25, -0.2) is 8.42 Å². The summed E-state index contributed by atoms with van der Waals surface area (Å²) < 4.78 is 37.0. The smallest absolute Gasteiger partial charge is 0.322 e. The van der Waals surface area contributed by atoms with Gasteiger partial charge in [0, 0.05) is 12.1 Å². The van der Waals surface area contributed by atoms with Gasteiger partial charge in [0.05, 0.1) is 19.2 Å². The van der Waals surface area contributed by atoms with Crippen molar-refractivity contribution in [1.29, 1.82) is 0 Å². The summed E-state index contributed by atoms with van der Waals surface area (Å²) in [5.41, 5.74) is 0. The monoisotopic (exact) mass is 351 g/mol. The van der Waals surface area contributed by atoms with Gasteiger partial charge in [0.25, 0.3) is 0 Å². The molecule has 22 heavy (non-hydrogen) atoms. The highest BCUT2D eigenvalue weighted by atomic mass is 35.5. The number of carboxylic acids is 1. The van der Waals surface area contributed by atoms with Crippen LogP contribution in [0.5, 0.6) is 11.5 Å². The lowest BCUT2D eigenvalue weighted by molar-refractivity contribution is -0.140. The molecule has 0 fully saturated rings. The molecular formula is C13H18ClNO6S. The minimum Gasteiger partial charge on any atom is -0.493 e. The van der Waals surface area contributed by atoms with E-state index in [1.807, 2.05) is 0 Å². The first-order chi connectivity index (χ1) is 10.1. The van der Waals surface area contributed by atoms with Gasteiger partial charge in [0.2, 0.25) is 10.0 Å². The van der Waals surface area contributed by atoms with Gasteiger partial charge < -0.3 is 14.6 Å². The van der Waals surface area contributed by atoms with Crippen molar-refractivity contribution in [1.82, 2.24) is 4.72 Å². The summed E-state index contributed by atoms with van der Waals surface area (Å²) >= 11 is 5.96. The summed E-state index contributed by atoms with van der Waals surface area (Å²) in [6, 6.07) is 1.21. The van der Waals surface area contributed by atoms with Crippen LogP contribution in [0.25, 0.3) is 0 Å². The largest absolute Gasteiger partial charge is 0.493 e. The molecular weight excluding hydrogens is 334 g/mol. The average molecular weight is 352 g/mol. The van der Waals surface area contributed by atoms with Crippen LogP contribution in [0.15, 0.2) is 17.0 Å². The van der Waals surface area contributed by atoms with E-state index in [4.69, 9.17) is 26.2 Å². The van der Waals surface area contributed by atoms with Crippen LogP contribution in [0.3, 0.4) is 0 Å². The zero-order valence-electron chi connectivity index (χ0n) is 12.6. The van der Waals surface area contributed by atoms with Gasteiger partial charge in [-0.15, -0.1) is 0 Å². The number of rotatable bonds is 7. The topological polar surface area (TPSA) is 102 Å². The van der Waals surface area contributed by atoms with E-state index in [9.17, 15) is 13.2 Å². The van der Waals surface area contributed by atoms with Crippen molar-refractivity contribution in [3.8, 4) is 11.5 Å². The Morgan fingerprint density at radius 2 is 1.73 bits per heavy atom. The zero-order chi connectivity index (χ0) is 17.1. The maximum absolute atomic E-state index is 12.4. The molecule has 1 aromatic carbocycles. The molecule has 1 rings (SSSR count). The zero-order valence-corrected chi connectivity index (χ0v) is 14.2. The number of hydrogen-bond donors (Lipinski definition) is 2. The molecule has 1 atom stereocenters. The van der Waals surface area contributed by atoms with Crippen LogP contribution in [0.4, 0.5) is 0 Å². The predicted octanol–water partition coefficient (Wildman–Crippen LogP) is 1.74. The van der Waals surface area contributed by atoms with Crippen LogP contribution in [0.2, 0.25) is 5.02 Å². The summed E-state index contributed by atoms with van der Waals surface area (Å²) in [5, 5.41) is 9.00. The van der Waals surface area contributed by atoms with E-state index in [2.05, 4.69) is 4.72 Å². The van der Waals surface area contributed by atoms with Gasteiger partial charge in [-0.1, -0.05) is 25.4 Å². The molecule has 0 aromatic heterocycles. The maximum Gasteiger partial charge on any atom is 0.322 e. The number of benzene rings is 1. The van der Waals surface area contributed by atoms with Gasteiger partial charge in [-0.05, 0) is 5.92 Å². The van der Waals surface area contributed by atoms with Crippen LogP contribution < -0.4 is 14.2 Å². The third-order valence-corrected chi connectivity index (χ3v) is 4.85. The van der Waals surface area contributed by atoms with Crippen molar-refractivity contribution in [2.75, 3.05) is 14.2 Å². The van der Waals surface area contributed by atoms with Crippen molar-refractivity contribution in [2.24, 2.45) is 5.92 Å². The minimum absolute atomic E-state index is 0.0990. The van der Waals surface area contributed by atoms with Crippen molar-refractivity contribution in [3.63, 3.8) is 0 Å². The molecule has 0 aliphatic carbocycles. The fourth-order valence-electron chi connectivity index (χ4n) is 1.74. The highest BCUT2D eigenvalue weighted by molar-refractivity contribution is 7.89. The molecule has 7 nitrogen and oxygen atoms in total. The third-order valence-electron chi connectivity index (χ3n) is 2.94. The SMILES string of the molecule is COc1cc(Cl)c(S(=O)(=O)N[C@@H](C(=O)O)C(C)C)cc1OC. The van der Waals surface area contributed by atoms with Crippen LogP contribution in [0, 0.1) is 5.92 Å². The van der Waals surface area contributed by atoms with E-state index in [1.165, 1.54) is 26.4 Å². The Morgan fingerprint density at radius 1 is 1.23 bits per heavy atom. The van der Waals surface area contributed by atoms with E-state index in [0.717, 1.165) is 0 Å². The van der Waals surface area contributed by atoms with E-state index < -0.39 is 28.0 Å². The Hall–Kier alpha value is -1.51. The third kappa shape index (κ3) is 4.02. The molecule has 0 amide bonds. The van der Waals surface area contributed by atoms with E-state index >= 15 is 0 Å². The normalized spacial score (nSPS) is 13.0. The number of carboxylic acid groups (broad SMARTS) is 1. The molecule has 0 heterocycles. The van der Waals surface area contributed by atoms with Gasteiger partial charge in [0.1, 0.15) is 10.9 Å². The highest BCUT2D eigenvalue weighted by Crippen LogP contribution is 2.35. The molecule has 124 valence electrons. The maximum atomic E-state index is 12.4. The summed E-state index contributed by atoms with van der Waals surface area (Å²) in [7, 11) is -1.40. The Kier molecular flexibility index (Phi) is 6.04. The van der Waals surface area contributed by atoms with Crippen LogP contribution >= 0.6 is 11.6 Å². The minimum atomic E-state index is -4.14. The molecule has 0 bridgehead atoms. The molecule has 0 aliphatic heterocycles. The first-order valence-electron chi connectivity index (χ1n) is 6.30. The predicted molar refractivity (Wildman–Crippen MR) is 81.1 cm³/mol. The molecule has 1 aromatic rings. The number of methoxy groups -OCH3 is 2. The summed E-state index contributed by atoms with van der Waals surface area (Å²) in [6.07, 6.45) is 0. The van der Waals surface area contributed by atoms with Gasteiger partial charge >= 0.3 is 5.97 Å². The molecule has 0 saturated carbocycles. The second-order valence-corrected chi connectivity index (χ2v) is 6.91. The van der Waals surface area contributed by atoms with E-state index in [1.54, 1.807) is 13.8 Å². The number of ether oxygens (including phenoxy) is 2. The van der Waals surface area contributed by atoms with Crippen molar-refractivity contribution < 1.29 is 27.8 Å². The second-order valence-electron chi connectivity index (χ2n) is 4.82. The first kappa shape index (κ1) is 18.5. The number of carbonyl (C=O) groups is 1. The van der Waals surface area contributed by atoms with Crippen molar-refractivity contribution in [3.05, 3.63) is 17.2 Å². The van der Waals surface area contributed by atoms with Crippen LogP contribution in [-0.4, -0.2) is 39.8 Å². The fourth-order valence-corrected chi connectivity index (χ4v) is 3.61. The fraction of sp³-hybridized carbons (Fsp3) is 0.462. The summed E-state index contributed by atoms with van der Waals surface area (Å²) in [4.78, 5) is 10.9. The standard InChI is InChI=1S/C13H18ClNO6S/c1-7(2)12(13(16)17)15-22(18,19)11-6-10(21-4)9(20-3)5-8(11)14/h5-7,12,15H,1-4H3,(H,16,17)/t12-/m1/s1. The van der Waals surface area contributed by atoms with Crippen LogP contribution in [-0.2, 0) is 14.8 Å². The molecule has 0 spiro atoms. The summed E-state index contributed by atoms with van der Waals surface area (Å²) in [6.45, 7) is 3.19. The van der Waals surface area contributed by atoms with Crippen molar-refractivity contribution >= 4 is 27.6 Å². The van der Waals surface area contributed by atoms with Gasteiger partial charge in [0.15, 0.2) is 11.5 Å². The van der Waals surface area contributed by atoms with Gasteiger partial charge in [-0.2, -0.15) is 4.72 Å². The molecule has 0 saturated heterocycles. The molecule has 2 N–H and O–H groups in total. The molecule has 0 unspecified atom stereocenters. The lowest BCUT2D eigenvalue weighted by atomic mass is 10.1. The van der Waals surface area contributed by atoms with Crippen molar-refractivity contribution in [2.45, 2.75) is 24.8 Å². The average Bonchev–Trinajstić information content (AvgIpc) is 2.43. The Bertz CT molecular complexity index is 659. The number of hydrogen-bond acceptors (Lipinski definition) is 5. The molecule has 9 heteroatoms. The Labute approximate surface area is 134 Å². The molecule has 0 radical (unpaired) electrons. The lowest BCUT2D eigenvalue weighted by Gasteiger charge is -2.19. The Balaban J connectivity index is 3.31. The second kappa shape index (κ2) is 7.17. The highest BCUT2D eigenvalue weighted by Gasteiger charge is 2.30. The number of aliphatic carboxylic acids is 1. The molecule has 0 aliphatic rings. The number of sulfonamides is 1. The van der Waals surface area contributed by atoms with Crippen LogP contribution in [0.1, 0.15) is 13.8 Å². The number of halogens is 1. The van der Waals surface area contributed by atoms with Gasteiger partial charge in [-0.3, -0.25) is 4.79 Å². The quantitative estimate of drug-likeness (QED) is 0.775. The first-order valence-corrected chi connectivity index (χ1v) is 8.16. The summed E-state index contributed by atoms with van der Waals surface area (Å²) in [5.74, 6) is -1.27. The number of nitrogens with one attached hydrogen (secondary N) is 1.